The Balaban J connectivity index is 0.00000408. The zero-order valence-corrected chi connectivity index (χ0v) is 21.5. The molecule has 10 nitrogen and oxygen atoms in total. The first kappa shape index (κ1) is 28.0. The maximum absolute atomic E-state index is 12.3. The van der Waals surface area contributed by atoms with Gasteiger partial charge in [0.1, 0.15) is 5.37 Å². The van der Waals surface area contributed by atoms with Gasteiger partial charge in [-0.15, -0.1) is 12.4 Å². The van der Waals surface area contributed by atoms with Crippen LogP contribution in [0.4, 0.5) is 10.5 Å². The van der Waals surface area contributed by atoms with Gasteiger partial charge in [-0.05, 0) is 43.9 Å². The molecule has 34 heavy (non-hydrogen) atoms. The van der Waals surface area contributed by atoms with Crippen LogP contribution in [0.3, 0.4) is 0 Å². The molecule has 1 fully saturated rings. The lowest BCUT2D eigenvalue weighted by Crippen LogP contribution is -2.46. The molecule has 3 atom stereocenters. The molecule has 4 N–H and O–H groups in total. The van der Waals surface area contributed by atoms with Gasteiger partial charge in [0.25, 0.3) is 5.89 Å². The van der Waals surface area contributed by atoms with Crippen LogP contribution in [0, 0.1) is 5.92 Å². The Labute approximate surface area is 206 Å². The molecule has 1 saturated heterocycles. The number of nitrogens with two attached hydrogens (primary N) is 1. The van der Waals surface area contributed by atoms with Crippen LogP contribution in [0.1, 0.15) is 45.9 Å². The van der Waals surface area contributed by atoms with Crippen LogP contribution in [-0.2, 0) is 15.3 Å². The third kappa shape index (κ3) is 6.91. The van der Waals surface area contributed by atoms with E-state index in [1.54, 1.807) is 24.3 Å². The second kappa shape index (κ2) is 11.0. The van der Waals surface area contributed by atoms with Gasteiger partial charge in [0, 0.05) is 24.3 Å². The van der Waals surface area contributed by atoms with Crippen LogP contribution < -0.4 is 16.0 Å². The largest absolute Gasteiger partial charge is 0.465 e. The number of piperidine rings is 1. The van der Waals surface area contributed by atoms with E-state index in [4.69, 9.17) is 10.3 Å². The summed E-state index contributed by atoms with van der Waals surface area (Å²) in [6.45, 7) is 6.85. The molecule has 2 heterocycles. The van der Waals surface area contributed by atoms with E-state index in [-0.39, 0.29) is 48.6 Å². The van der Waals surface area contributed by atoms with Crippen LogP contribution in [0.25, 0.3) is 11.5 Å². The average Bonchev–Trinajstić information content (AvgIpc) is 3.22. The van der Waals surface area contributed by atoms with Crippen LogP contribution in [0.15, 0.2) is 28.8 Å². The highest BCUT2D eigenvalue weighted by Gasteiger charge is 2.31. The number of carboxylic acid groups (broad SMARTS) is 1. The Morgan fingerprint density at radius 3 is 2.62 bits per heavy atom. The number of hydrogen-bond acceptors (Lipinski definition) is 8. The molecule has 1 aromatic carbocycles. The van der Waals surface area contributed by atoms with Crippen molar-refractivity contribution >= 4 is 34.0 Å². The highest BCUT2D eigenvalue weighted by atomic mass is 35.5. The van der Waals surface area contributed by atoms with Crippen molar-refractivity contribution in [3.05, 3.63) is 30.1 Å². The van der Waals surface area contributed by atoms with Crippen LogP contribution in [0.2, 0.25) is 0 Å². The fourth-order valence-corrected chi connectivity index (χ4v) is 4.54. The van der Waals surface area contributed by atoms with Crippen LogP contribution >= 0.6 is 12.4 Å². The molecule has 12 heteroatoms. The minimum Gasteiger partial charge on any atom is -0.465 e. The van der Waals surface area contributed by atoms with E-state index in [1.807, 2.05) is 20.8 Å². The van der Waals surface area contributed by atoms with Crippen LogP contribution in [0.5, 0.6) is 0 Å². The van der Waals surface area contributed by atoms with E-state index in [1.165, 1.54) is 4.90 Å². The van der Waals surface area contributed by atoms with Crippen molar-refractivity contribution in [3.8, 4) is 11.5 Å². The number of sulfone groups is 1. The lowest BCUT2D eigenvalue weighted by Gasteiger charge is -2.34. The van der Waals surface area contributed by atoms with Gasteiger partial charge in [-0.25, -0.2) is 13.2 Å². The summed E-state index contributed by atoms with van der Waals surface area (Å²) in [7, 11) is -3.33. The smallest absolute Gasteiger partial charge is 0.411 e. The molecule has 1 amide bonds. The summed E-state index contributed by atoms with van der Waals surface area (Å²) in [6, 6.07) is 6.97. The van der Waals surface area contributed by atoms with Gasteiger partial charge in [0.05, 0.1) is 11.3 Å². The number of carbonyl (C=O) groups is 1. The topological polar surface area (TPSA) is 152 Å². The number of rotatable bonds is 7. The fourth-order valence-electron chi connectivity index (χ4n) is 3.96. The molecule has 1 aliphatic rings. The van der Waals surface area contributed by atoms with Crippen LogP contribution in [-0.4, -0.2) is 60.5 Å². The molecule has 190 valence electrons. The van der Waals surface area contributed by atoms with E-state index in [0.29, 0.717) is 30.0 Å². The second-order valence-electron chi connectivity index (χ2n) is 9.73. The van der Waals surface area contributed by atoms with Crippen molar-refractivity contribution in [2.45, 2.75) is 56.9 Å². The highest BCUT2D eigenvalue weighted by Crippen LogP contribution is 2.33. The Hall–Kier alpha value is -2.21. The molecule has 3 unspecified atom stereocenters. The first-order chi connectivity index (χ1) is 15.4. The zero-order valence-electron chi connectivity index (χ0n) is 19.9. The lowest BCUT2D eigenvalue weighted by molar-refractivity contribution is 0.198. The number of para-hydroxylation sites is 1. The molecule has 0 radical (unpaired) electrons. The molecule has 0 aliphatic carbocycles. The average molecular weight is 516 g/mol. The summed E-state index contributed by atoms with van der Waals surface area (Å²) in [4.78, 5) is 18.1. The Morgan fingerprint density at radius 2 is 2.03 bits per heavy atom. The van der Waals surface area contributed by atoms with Crippen molar-refractivity contribution in [2.24, 2.45) is 11.7 Å². The van der Waals surface area contributed by atoms with E-state index in [0.717, 1.165) is 12.7 Å². The number of aromatic nitrogens is 2. The minimum atomic E-state index is -3.33. The van der Waals surface area contributed by atoms with E-state index in [9.17, 15) is 18.3 Å². The van der Waals surface area contributed by atoms with Crippen molar-refractivity contribution in [1.82, 2.24) is 15.5 Å². The minimum absolute atomic E-state index is 0. The number of nitrogens with zero attached hydrogens (tertiary/aromatic N) is 3. The molecule has 2 aromatic rings. The number of halogens is 1. The summed E-state index contributed by atoms with van der Waals surface area (Å²) in [5.74, 6) is 0.849. The molecule has 0 saturated carbocycles. The van der Waals surface area contributed by atoms with E-state index >= 15 is 0 Å². The van der Waals surface area contributed by atoms with E-state index in [2.05, 4.69) is 15.5 Å². The predicted molar refractivity (Wildman–Crippen MR) is 133 cm³/mol. The van der Waals surface area contributed by atoms with Crippen molar-refractivity contribution in [3.63, 3.8) is 0 Å². The summed E-state index contributed by atoms with van der Waals surface area (Å²) in [5, 5.41) is 16.4. The number of benzene rings is 1. The maximum Gasteiger partial charge on any atom is 0.411 e. The van der Waals surface area contributed by atoms with Gasteiger partial charge in [0.15, 0.2) is 15.7 Å². The lowest BCUT2D eigenvalue weighted by atomic mass is 9.90. The molecule has 3 rings (SSSR count). The van der Waals surface area contributed by atoms with Crippen molar-refractivity contribution < 1.29 is 22.8 Å². The first-order valence-electron chi connectivity index (χ1n) is 11.0. The van der Waals surface area contributed by atoms with Gasteiger partial charge < -0.3 is 20.7 Å². The second-order valence-corrected chi connectivity index (χ2v) is 12.0. The van der Waals surface area contributed by atoms with E-state index < -0.39 is 21.3 Å². The number of amides is 1. The zero-order chi connectivity index (χ0) is 24.4. The highest BCUT2D eigenvalue weighted by molar-refractivity contribution is 7.91. The Bertz CT molecular complexity index is 1090. The summed E-state index contributed by atoms with van der Waals surface area (Å²) in [6.07, 6.45) is 1.73. The van der Waals surface area contributed by atoms with Crippen molar-refractivity contribution in [1.29, 1.82) is 0 Å². The third-order valence-corrected chi connectivity index (χ3v) is 7.16. The Kier molecular flexibility index (Phi) is 9.09. The monoisotopic (exact) mass is 515 g/mol. The van der Waals surface area contributed by atoms with Gasteiger partial charge in [0.2, 0.25) is 0 Å². The molecular formula is C22H34ClN5O5S. The predicted octanol–water partition coefficient (Wildman–Crippen LogP) is 3.03. The molecule has 0 bridgehead atoms. The summed E-state index contributed by atoms with van der Waals surface area (Å²) >= 11 is 0. The summed E-state index contributed by atoms with van der Waals surface area (Å²) < 4.78 is 28.9. The number of nitrogens with one attached hydrogen (secondary N) is 1. The first-order valence-corrected chi connectivity index (χ1v) is 12.9. The Morgan fingerprint density at radius 1 is 1.35 bits per heavy atom. The van der Waals surface area contributed by atoms with Gasteiger partial charge in [-0.3, -0.25) is 4.90 Å². The molecule has 0 spiro atoms. The maximum atomic E-state index is 12.3. The molecular weight excluding hydrogens is 482 g/mol. The van der Waals surface area contributed by atoms with Gasteiger partial charge in [-0.1, -0.05) is 38.1 Å². The number of hydrogen-bond donors (Lipinski definition) is 3. The summed E-state index contributed by atoms with van der Waals surface area (Å²) in [5.41, 5.74) is 6.54. The molecule has 1 aromatic heterocycles. The SMILES string of the molecule is CC(C)(C)c1noc(-c2ccccc2N(CC2CCNC(CC(N)S(C)(=O)=O)C2)C(=O)O)n1.Cl. The third-order valence-electron chi connectivity index (χ3n) is 5.86. The fraction of sp³-hybridized carbons (Fsp3) is 0.591. The van der Waals surface area contributed by atoms with Gasteiger partial charge >= 0.3 is 6.09 Å². The quantitative estimate of drug-likeness (QED) is 0.505. The van der Waals surface area contributed by atoms with Gasteiger partial charge in [-0.2, -0.15) is 4.98 Å². The number of anilines is 1. The normalized spacial score (nSPS) is 19.8. The standard InChI is InChI=1S/C22H33N5O5S.ClH/c1-22(2,3)20-25-19(32-26-20)16-7-5-6-8-17(16)27(21(28)29)13-14-9-10-24-15(11-14)12-18(23)33(4,30)31;/h5-8,14-15,18,24H,9-13,23H2,1-4H3,(H,28,29);1H. The molecule has 1 aliphatic heterocycles. The van der Waals surface area contributed by atoms with Crippen molar-refractivity contribution in [2.75, 3.05) is 24.2 Å².